The number of hydrogen-bond acceptors (Lipinski definition) is 7. The molecule has 1 aromatic rings. The van der Waals surface area contributed by atoms with Crippen LogP contribution in [0.15, 0.2) is 6.07 Å². The molecule has 1 aromatic heterocycles. The van der Waals surface area contributed by atoms with Crippen molar-refractivity contribution < 1.29 is 19.3 Å². The zero-order chi connectivity index (χ0) is 19.9. The predicted molar refractivity (Wildman–Crippen MR) is 99.2 cm³/mol. The average Bonchev–Trinajstić information content (AvgIpc) is 2.85. The molecule has 0 spiro atoms. The number of fused-ring (bicyclic) bond motifs is 1. The molecule has 0 saturated carbocycles. The summed E-state index contributed by atoms with van der Waals surface area (Å²) < 4.78 is 21.0. The minimum atomic E-state index is -1.80. The van der Waals surface area contributed by atoms with Crippen molar-refractivity contribution in [2.24, 2.45) is 0 Å². The van der Waals surface area contributed by atoms with Crippen molar-refractivity contribution in [1.29, 1.82) is 0 Å². The Morgan fingerprint density at radius 2 is 2.12 bits per heavy atom. The molecule has 26 heavy (non-hydrogen) atoms. The molecule has 3 unspecified atom stereocenters. The number of ether oxygens (including phenoxy) is 1. The summed E-state index contributed by atoms with van der Waals surface area (Å²) in [5.74, 6) is 0.340. The zero-order valence-electron chi connectivity index (χ0n) is 15.5. The first kappa shape index (κ1) is 21.2. The van der Waals surface area contributed by atoms with E-state index in [1.807, 2.05) is 27.7 Å². The van der Waals surface area contributed by atoms with E-state index in [1.54, 1.807) is 6.07 Å². The summed E-state index contributed by atoms with van der Waals surface area (Å²) in [6, 6.07) is 1.55. The molecule has 2 N–H and O–H groups in total. The van der Waals surface area contributed by atoms with Gasteiger partial charge in [0.15, 0.2) is 16.5 Å². The molecule has 1 aliphatic rings. The Hall–Kier alpha value is -1.13. The van der Waals surface area contributed by atoms with Crippen LogP contribution in [0.5, 0.6) is 5.75 Å². The van der Waals surface area contributed by atoms with Crippen LogP contribution in [0.25, 0.3) is 0 Å². The molecule has 3 atom stereocenters. The normalized spacial score (nSPS) is 23.1. The second-order valence-electron chi connectivity index (χ2n) is 7.65. The van der Waals surface area contributed by atoms with Crippen LogP contribution in [-0.2, 0) is 22.5 Å². The van der Waals surface area contributed by atoms with E-state index in [0.29, 0.717) is 17.7 Å². The maximum atomic E-state index is 12.7. The van der Waals surface area contributed by atoms with Crippen molar-refractivity contribution in [2.75, 3.05) is 13.2 Å². The lowest BCUT2D eigenvalue weighted by Gasteiger charge is -2.33. The Morgan fingerprint density at radius 1 is 1.50 bits per heavy atom. The average molecular weight is 406 g/mol. The summed E-state index contributed by atoms with van der Waals surface area (Å²) in [6.45, 7) is 8.26. The van der Waals surface area contributed by atoms with Gasteiger partial charge in [-0.25, -0.2) is 4.98 Å². The first-order chi connectivity index (χ1) is 11.8. The highest BCUT2D eigenvalue weighted by atomic mass is 35.5. The van der Waals surface area contributed by atoms with Gasteiger partial charge in [-0.2, -0.15) is 0 Å². The molecule has 1 aliphatic heterocycles. The molecule has 146 valence electrons. The molecule has 0 aromatic carbocycles. The topological polar surface area (TPSA) is 121 Å². The third-order valence-electron chi connectivity index (χ3n) is 4.35. The number of pyridine rings is 1. The minimum Gasteiger partial charge on any atom is -0.598 e. The highest BCUT2D eigenvalue weighted by Gasteiger charge is 2.47. The van der Waals surface area contributed by atoms with Crippen LogP contribution in [-0.4, -0.2) is 37.5 Å². The smallest absolute Gasteiger partial charge is 0.237 e. The molecule has 2 heterocycles. The van der Waals surface area contributed by atoms with E-state index in [2.05, 4.69) is 9.71 Å². The lowest BCUT2D eigenvalue weighted by atomic mass is 9.89. The van der Waals surface area contributed by atoms with Crippen molar-refractivity contribution in [3.05, 3.63) is 32.6 Å². The van der Waals surface area contributed by atoms with Gasteiger partial charge in [0, 0.05) is 21.8 Å². The Labute approximate surface area is 160 Å². The highest BCUT2D eigenvalue weighted by Crippen LogP contribution is 2.45. The second-order valence-corrected chi connectivity index (χ2v) is 9.97. The molecule has 0 amide bonds. The van der Waals surface area contributed by atoms with E-state index in [0.717, 1.165) is 0 Å². The van der Waals surface area contributed by atoms with E-state index in [9.17, 15) is 19.8 Å². The summed E-state index contributed by atoms with van der Waals surface area (Å²) in [5.41, 5.74) is -1.92. The van der Waals surface area contributed by atoms with Gasteiger partial charge in [0.25, 0.3) is 0 Å². The molecule has 10 heteroatoms. The number of nitrogens with zero attached hydrogens (tertiary/aromatic N) is 2. The van der Waals surface area contributed by atoms with Crippen LogP contribution >= 0.6 is 11.6 Å². The van der Waals surface area contributed by atoms with Crippen molar-refractivity contribution in [1.82, 2.24) is 9.71 Å². The van der Waals surface area contributed by atoms with E-state index < -0.39 is 38.7 Å². The first-order valence-electron chi connectivity index (χ1n) is 8.20. The van der Waals surface area contributed by atoms with E-state index >= 15 is 0 Å². The van der Waals surface area contributed by atoms with Crippen LogP contribution in [0.1, 0.15) is 52.3 Å². The Balaban J connectivity index is 2.51. The van der Waals surface area contributed by atoms with Crippen molar-refractivity contribution >= 4 is 23.0 Å². The van der Waals surface area contributed by atoms with E-state index in [1.165, 1.54) is 6.92 Å². The SMILES string of the molecule is CCC1(N[S+]([O-])C(C)(C)C)COc2c1cc(C(C)(O)C[N+](=O)[O-])nc2Cl. The quantitative estimate of drug-likeness (QED) is 0.322. The summed E-state index contributed by atoms with van der Waals surface area (Å²) in [4.78, 5) is 14.3. The van der Waals surface area contributed by atoms with Crippen LogP contribution in [0.4, 0.5) is 0 Å². The molecule has 0 saturated heterocycles. The zero-order valence-corrected chi connectivity index (χ0v) is 17.0. The maximum Gasteiger partial charge on any atom is 0.237 e. The summed E-state index contributed by atoms with van der Waals surface area (Å²) >= 11 is 4.83. The van der Waals surface area contributed by atoms with Crippen molar-refractivity contribution in [3.63, 3.8) is 0 Å². The third kappa shape index (κ3) is 4.07. The van der Waals surface area contributed by atoms with Gasteiger partial charge in [0.1, 0.15) is 16.9 Å². The van der Waals surface area contributed by atoms with Crippen molar-refractivity contribution in [3.8, 4) is 5.75 Å². The summed E-state index contributed by atoms with van der Waals surface area (Å²) in [6.07, 6.45) is 0.541. The number of halogens is 1. The number of nitrogens with one attached hydrogen (secondary N) is 1. The van der Waals surface area contributed by atoms with Gasteiger partial charge in [-0.05, 0) is 40.2 Å². The molecule has 0 aliphatic carbocycles. The molecular formula is C16H24ClN3O5S. The fourth-order valence-corrected chi connectivity index (χ4v) is 3.88. The van der Waals surface area contributed by atoms with Crippen LogP contribution < -0.4 is 9.46 Å². The molecule has 8 nitrogen and oxygen atoms in total. The Bertz CT molecular complexity index is 710. The number of hydrogen-bond donors (Lipinski definition) is 2. The fraction of sp³-hybridized carbons (Fsp3) is 0.688. The van der Waals surface area contributed by atoms with Crippen LogP contribution in [0.3, 0.4) is 0 Å². The third-order valence-corrected chi connectivity index (χ3v) is 6.29. The monoisotopic (exact) mass is 405 g/mol. The van der Waals surface area contributed by atoms with Crippen LogP contribution in [0.2, 0.25) is 5.15 Å². The molecule has 0 bridgehead atoms. The van der Waals surface area contributed by atoms with E-state index in [-0.39, 0.29) is 17.5 Å². The lowest BCUT2D eigenvalue weighted by Crippen LogP contribution is -2.52. The number of rotatable bonds is 6. The van der Waals surface area contributed by atoms with Gasteiger partial charge >= 0.3 is 0 Å². The fourth-order valence-electron chi connectivity index (χ4n) is 2.66. The van der Waals surface area contributed by atoms with Crippen LogP contribution in [0, 0.1) is 10.1 Å². The number of nitro groups is 1. The predicted octanol–water partition coefficient (Wildman–Crippen LogP) is 2.27. The van der Waals surface area contributed by atoms with Crippen molar-refractivity contribution in [2.45, 2.75) is 56.9 Å². The van der Waals surface area contributed by atoms with Gasteiger partial charge < -0.3 is 14.4 Å². The number of aliphatic hydroxyl groups is 1. The summed E-state index contributed by atoms with van der Waals surface area (Å²) in [7, 11) is 0. The highest BCUT2D eigenvalue weighted by molar-refractivity contribution is 7.90. The van der Waals surface area contributed by atoms with Gasteiger partial charge in [0.05, 0.1) is 5.69 Å². The van der Waals surface area contributed by atoms with Gasteiger partial charge in [-0.1, -0.05) is 18.5 Å². The van der Waals surface area contributed by atoms with Gasteiger partial charge in [-0.15, -0.1) is 4.72 Å². The largest absolute Gasteiger partial charge is 0.598 e. The molecule has 2 rings (SSSR count). The maximum absolute atomic E-state index is 12.7. The molecule has 0 fully saturated rings. The lowest BCUT2D eigenvalue weighted by molar-refractivity contribution is -0.501. The standard InChI is InChI=1S/C16H24ClN3O5S/c1-6-16(19-26(24)14(2,3)4)9-25-12-10(16)7-11(18-13(12)17)15(5,21)8-20(22)23/h7,19,21H,6,8-9H2,1-5H3. The molecule has 0 radical (unpaired) electrons. The first-order valence-corrected chi connectivity index (χ1v) is 9.73. The minimum absolute atomic E-state index is 0.0137. The number of aromatic nitrogens is 1. The van der Waals surface area contributed by atoms with Gasteiger partial charge in [-0.3, -0.25) is 10.1 Å². The molecular weight excluding hydrogens is 382 g/mol. The van der Waals surface area contributed by atoms with Gasteiger partial charge in [0.2, 0.25) is 6.54 Å². The van der Waals surface area contributed by atoms with E-state index in [4.69, 9.17) is 16.3 Å². The Kier molecular flexibility index (Phi) is 5.80. The Morgan fingerprint density at radius 3 is 2.62 bits per heavy atom. The summed E-state index contributed by atoms with van der Waals surface area (Å²) in [5, 5.41) is 21.3. The second kappa shape index (κ2) is 7.12.